The third-order valence-electron chi connectivity index (χ3n) is 19.6. The Hall–Kier alpha value is -10.1. The predicted molar refractivity (Wildman–Crippen MR) is 395 cm³/mol. The molecule has 0 aliphatic heterocycles. The van der Waals surface area contributed by atoms with Crippen molar-refractivity contribution >= 4 is 159 Å². The van der Waals surface area contributed by atoms with Crippen LogP contribution in [0.3, 0.4) is 0 Å². The fourth-order valence-electron chi connectivity index (χ4n) is 15.8. The van der Waals surface area contributed by atoms with Gasteiger partial charge in [0, 0.05) is 59.9 Å². The Bertz CT molecular complexity index is 6080. The topological polar surface area (TPSA) is 36.2 Å². The molecule has 1 aliphatic carbocycles. The molecule has 0 atom stereocenters. The van der Waals surface area contributed by atoms with Crippen molar-refractivity contribution in [3.05, 3.63) is 309 Å². The number of para-hydroxylation sites is 2. The zero-order valence-corrected chi connectivity index (χ0v) is 54.4. The number of hydrogen-bond acceptors (Lipinski definition) is 2. The number of carbonyl (C=O) groups is 1. The molecule has 0 bridgehead atoms. The van der Waals surface area contributed by atoms with Crippen molar-refractivity contribution in [2.75, 3.05) is 7.11 Å². The van der Waals surface area contributed by atoms with Crippen molar-refractivity contribution in [1.82, 2.24) is 9.13 Å². The maximum atomic E-state index is 12.8. The number of nitrogens with zero attached hydrogens (tertiary/aromatic N) is 2. The second-order valence-corrected chi connectivity index (χ2v) is 24.4. The largest absolute Gasteiger partial charge is 2.00 e. The molecule has 16 aromatic carbocycles. The summed E-state index contributed by atoms with van der Waals surface area (Å²) in [5, 5.41) is 25.4. The van der Waals surface area contributed by atoms with Crippen LogP contribution < -0.4 is 17.0 Å². The van der Waals surface area contributed by atoms with Gasteiger partial charge >= 0.3 is 29.0 Å². The third-order valence-corrected chi connectivity index (χ3v) is 19.6. The van der Waals surface area contributed by atoms with E-state index in [1.807, 2.05) is 24.3 Å². The van der Waals surface area contributed by atoms with E-state index >= 15 is 0 Å². The molecule has 0 spiro atoms. The molecule has 2 heterocycles. The number of aromatic nitrogens is 2. The van der Waals surface area contributed by atoms with E-state index in [1.165, 1.54) is 154 Å². The van der Waals surface area contributed by atoms with Gasteiger partial charge in [-0.25, -0.2) is 4.79 Å². The normalized spacial score (nSPS) is 12.2. The number of rotatable bonds is 4. The molecule has 0 saturated carbocycles. The van der Waals surface area contributed by atoms with E-state index in [4.69, 9.17) is 4.74 Å². The Balaban J connectivity index is 0.000000154. The Morgan fingerprint density at radius 1 is 0.333 bits per heavy atom. The Labute approximate surface area is 566 Å². The Morgan fingerprint density at radius 3 is 1.15 bits per heavy atom. The average Bonchev–Trinajstić information content (AvgIpc) is 1.63. The van der Waals surface area contributed by atoms with Gasteiger partial charge in [0.2, 0.25) is 0 Å². The van der Waals surface area contributed by atoms with Crippen LogP contribution in [-0.4, -0.2) is 45.3 Å². The quantitative estimate of drug-likeness (QED) is 0.0762. The van der Waals surface area contributed by atoms with Crippen molar-refractivity contribution in [3.63, 3.8) is 0 Å². The van der Waals surface area contributed by atoms with Crippen LogP contribution >= 0.6 is 0 Å². The number of halogens is 1. The van der Waals surface area contributed by atoms with E-state index < -0.39 is 0 Å². The second kappa shape index (κ2) is 23.2. The molecular formula is C87H63BrMgN2O2. The summed E-state index contributed by atoms with van der Waals surface area (Å²) in [7, 11) is 1.43. The number of fused-ring (bicyclic) bond motifs is 29. The number of methoxy groups -OCH3 is 1. The molecule has 0 unspecified atom stereocenters. The molecule has 0 saturated heterocycles. The number of ether oxygens (including phenoxy) is 1. The summed E-state index contributed by atoms with van der Waals surface area (Å²) >= 11 is 0. The summed E-state index contributed by atoms with van der Waals surface area (Å²) in [6.45, 7) is 4.76. The van der Waals surface area contributed by atoms with E-state index in [9.17, 15) is 4.79 Å². The Kier molecular flexibility index (Phi) is 15.1. The third kappa shape index (κ3) is 8.72. The van der Waals surface area contributed by atoms with Crippen molar-refractivity contribution < 1.29 is 26.5 Å². The van der Waals surface area contributed by atoms with E-state index in [0.29, 0.717) is 5.56 Å². The smallest absolute Gasteiger partial charge is 1.00 e. The first kappa shape index (κ1) is 60.5. The summed E-state index contributed by atoms with van der Waals surface area (Å²) in [4.78, 5) is 12.8. The van der Waals surface area contributed by atoms with E-state index in [-0.39, 0.29) is 66.3 Å². The number of esters is 1. The van der Waals surface area contributed by atoms with Gasteiger partial charge < -0.3 is 38.3 Å². The summed E-state index contributed by atoms with van der Waals surface area (Å²) < 4.78 is 10.1. The molecule has 93 heavy (non-hydrogen) atoms. The van der Waals surface area contributed by atoms with Crippen LogP contribution in [0.15, 0.2) is 285 Å². The fraction of sp³-hybridized carbons (Fsp3) is 0.0575. The summed E-state index contributed by atoms with van der Waals surface area (Å²) in [5.74, 6) is -0.341. The van der Waals surface area contributed by atoms with Gasteiger partial charge in [0.05, 0.1) is 34.7 Å². The van der Waals surface area contributed by atoms with Gasteiger partial charge in [-0.05, 0) is 153 Å². The van der Waals surface area contributed by atoms with Gasteiger partial charge in [-0.3, -0.25) is 0 Å². The molecule has 4 nitrogen and oxygen atoms in total. The van der Waals surface area contributed by atoms with E-state index in [2.05, 4.69) is 284 Å². The zero-order chi connectivity index (χ0) is 59.2. The first-order valence-electron chi connectivity index (χ1n) is 30.7. The first-order valence-corrected chi connectivity index (χ1v) is 30.7. The number of hydrogen-bond donors (Lipinski definition) is 0. The van der Waals surface area contributed by atoms with Crippen LogP contribution in [0.5, 0.6) is 0 Å². The van der Waals surface area contributed by atoms with Crippen LogP contribution in [0.1, 0.15) is 42.8 Å². The van der Waals surface area contributed by atoms with Gasteiger partial charge in [-0.1, -0.05) is 252 Å². The molecule has 1 aliphatic rings. The Morgan fingerprint density at radius 2 is 0.688 bits per heavy atom. The van der Waals surface area contributed by atoms with Gasteiger partial charge in [0.1, 0.15) is 0 Å². The van der Waals surface area contributed by atoms with Gasteiger partial charge in [-0.15, -0.1) is 0 Å². The van der Waals surface area contributed by atoms with Crippen LogP contribution in [0, 0.1) is 7.43 Å². The summed E-state index contributed by atoms with van der Waals surface area (Å²) in [5.41, 5.74) is 15.0. The number of benzene rings is 16. The summed E-state index contributed by atoms with van der Waals surface area (Å²) in [6.07, 6.45) is 0. The minimum Gasteiger partial charge on any atom is -1.00 e. The molecule has 6 heteroatoms. The fourth-order valence-corrected chi connectivity index (χ4v) is 15.8. The van der Waals surface area contributed by atoms with Crippen molar-refractivity contribution in [2.24, 2.45) is 0 Å². The predicted octanol–water partition coefficient (Wildman–Crippen LogP) is 20.3. The van der Waals surface area contributed by atoms with E-state index in [0.717, 1.165) is 27.7 Å². The molecule has 0 amide bonds. The molecule has 0 radical (unpaired) electrons. The zero-order valence-electron chi connectivity index (χ0n) is 51.4. The van der Waals surface area contributed by atoms with Crippen LogP contribution in [0.25, 0.3) is 163 Å². The monoisotopic (exact) mass is 1270 g/mol. The molecular weight excluding hydrogens is 1210 g/mol. The minimum atomic E-state index is -0.341. The van der Waals surface area contributed by atoms with E-state index in [1.54, 1.807) is 0 Å². The maximum absolute atomic E-state index is 12.8. The van der Waals surface area contributed by atoms with Gasteiger partial charge in [-0.2, -0.15) is 0 Å². The van der Waals surface area contributed by atoms with Crippen LogP contribution in [0.4, 0.5) is 0 Å². The molecule has 18 aromatic rings. The van der Waals surface area contributed by atoms with Crippen molar-refractivity contribution in [2.45, 2.75) is 26.7 Å². The number of carbonyl (C=O) groups excluding carboxylic acids is 1. The van der Waals surface area contributed by atoms with Crippen molar-refractivity contribution in [1.29, 1.82) is 0 Å². The SMILES string of the molecule is C.CC1(C)c2ccccc2-c2cc3c4c5ccccc5c5c6ccccc6c6ccccc6c5c4n(-c4ccccc4)c3cc21.COC(=O)c1ccccc1-c1ccc2c(c1)c1c3ccccc3c3c4ccccc4c4ccccc4c3c1n2-c1ccccc1.[Br-].[CH3-].[Mg+2]. The molecule has 19 rings (SSSR count). The second-order valence-electron chi connectivity index (χ2n) is 24.4. The van der Waals surface area contributed by atoms with Gasteiger partial charge in [0.15, 0.2) is 0 Å². The van der Waals surface area contributed by atoms with Crippen molar-refractivity contribution in [3.8, 4) is 33.6 Å². The standard InChI is InChI=1S/C43H29N.C42H27NO2.CH4.CH3.BrH.Mg/c1-43(2)36-23-13-12-18-29(36)34-24-35-38(25-37(34)43)44(26-14-4-3-5-15-26)42-40(35)33-22-11-10-21-32(33)39-30-19-8-6-16-27(30)28-17-7-9-20-31(28)41(39)42;1-45-42(44)35-22-12-5-15-28(35)26-23-24-37-36(25-26)39-34-21-11-10-20-33(34)38-31-18-8-6-16-29(31)30-17-7-9-19-32(30)40(38)41(39)43(37)27-13-3-2-4-14-27;;;;/h3-25H,1-2H3;2-25H,1H3;1H4;1H3;1H;/q;;;-1;;+2/p-1. The maximum Gasteiger partial charge on any atom is 2.00 e. The summed E-state index contributed by atoms with van der Waals surface area (Å²) in [6, 6.07) is 103. The van der Waals surface area contributed by atoms with Crippen LogP contribution in [-0.2, 0) is 10.2 Å². The van der Waals surface area contributed by atoms with Gasteiger partial charge in [0.25, 0.3) is 0 Å². The minimum absolute atomic E-state index is 0. The molecule has 442 valence electrons. The molecule has 0 N–H and O–H groups in total. The molecule has 0 fully saturated rings. The van der Waals surface area contributed by atoms with Crippen LogP contribution in [0.2, 0.25) is 0 Å². The molecule has 2 aromatic heterocycles. The first-order chi connectivity index (χ1) is 43.9. The average molecular weight is 1270 g/mol.